The van der Waals surface area contributed by atoms with Gasteiger partial charge in [0, 0.05) is 24.0 Å². The first-order chi connectivity index (χ1) is 7.93. The van der Waals surface area contributed by atoms with Gasteiger partial charge in [0.05, 0.1) is 4.90 Å². The Balaban J connectivity index is 1.95. The Kier molecular flexibility index (Phi) is 2.06. The Bertz CT molecular complexity index is 586. The summed E-state index contributed by atoms with van der Waals surface area (Å²) in [7, 11) is -3.13. The van der Waals surface area contributed by atoms with Crippen molar-refractivity contribution >= 4 is 15.6 Å². The van der Waals surface area contributed by atoms with Gasteiger partial charge in [0.25, 0.3) is 0 Å². The van der Waals surface area contributed by atoms with Crippen LogP contribution in [0.2, 0.25) is 0 Å². The van der Waals surface area contributed by atoms with Crippen LogP contribution in [0, 0.1) is 5.92 Å². The number of hydrogen-bond acceptors (Lipinski definition) is 3. The highest BCUT2D eigenvalue weighted by Crippen LogP contribution is 2.62. The molecule has 1 aromatic carbocycles. The molecule has 3 rings (SSSR count). The molecule has 90 valence electrons. The molecule has 0 spiro atoms. The normalized spacial score (nSPS) is 31.4. The average molecular weight is 250 g/mol. The Morgan fingerprint density at radius 3 is 2.29 bits per heavy atom. The molecule has 2 atom stereocenters. The Morgan fingerprint density at radius 2 is 1.88 bits per heavy atom. The van der Waals surface area contributed by atoms with E-state index in [1.807, 2.05) is 12.1 Å². The molecule has 3 nitrogen and oxygen atoms in total. The van der Waals surface area contributed by atoms with Gasteiger partial charge in [-0.05, 0) is 30.5 Å². The first-order valence-electron chi connectivity index (χ1n) is 5.77. The molecule has 0 heterocycles. The number of Topliss-reactive ketones (excluding diaryl/α,β-unsaturated/α-hetero) is 1. The van der Waals surface area contributed by atoms with E-state index < -0.39 is 9.84 Å². The molecule has 17 heavy (non-hydrogen) atoms. The highest BCUT2D eigenvalue weighted by molar-refractivity contribution is 7.90. The summed E-state index contributed by atoms with van der Waals surface area (Å²) in [5.41, 5.74) is 1.17. The predicted molar refractivity (Wildman–Crippen MR) is 63.6 cm³/mol. The second-order valence-corrected chi connectivity index (χ2v) is 7.19. The van der Waals surface area contributed by atoms with Gasteiger partial charge in [-0.25, -0.2) is 8.42 Å². The van der Waals surface area contributed by atoms with Crippen LogP contribution in [0.3, 0.4) is 0 Å². The lowest BCUT2D eigenvalue weighted by atomic mass is 9.93. The topological polar surface area (TPSA) is 51.2 Å². The van der Waals surface area contributed by atoms with Crippen molar-refractivity contribution in [3.63, 3.8) is 0 Å². The standard InChI is InChI=1S/C13H14O3S/c1-17(15,16)10-4-2-9(3-5-10)13-7-6-12(14)11(13)8-13/h2-5,11H,6-8H2,1H3/t11-,13-/m1/s1. The molecule has 2 aliphatic carbocycles. The van der Waals surface area contributed by atoms with E-state index in [9.17, 15) is 13.2 Å². The van der Waals surface area contributed by atoms with Crippen molar-refractivity contribution in [2.75, 3.05) is 6.26 Å². The molecule has 0 amide bonds. The third kappa shape index (κ3) is 1.54. The van der Waals surface area contributed by atoms with Crippen molar-refractivity contribution < 1.29 is 13.2 Å². The molecule has 0 saturated heterocycles. The smallest absolute Gasteiger partial charge is 0.175 e. The first kappa shape index (κ1) is 11.0. The molecule has 0 unspecified atom stereocenters. The van der Waals surface area contributed by atoms with Crippen LogP contribution in [0.1, 0.15) is 24.8 Å². The number of benzene rings is 1. The van der Waals surface area contributed by atoms with Crippen LogP contribution in [0.15, 0.2) is 29.2 Å². The second kappa shape index (κ2) is 3.19. The van der Waals surface area contributed by atoms with E-state index in [1.54, 1.807) is 12.1 Å². The minimum absolute atomic E-state index is 0.0487. The predicted octanol–water partition coefficient (Wildman–Crippen LogP) is 1.71. The maximum absolute atomic E-state index is 11.5. The van der Waals surface area contributed by atoms with Crippen LogP contribution in [0.25, 0.3) is 0 Å². The summed E-state index contributed by atoms with van der Waals surface area (Å²) < 4.78 is 22.7. The van der Waals surface area contributed by atoms with E-state index in [0.29, 0.717) is 17.1 Å². The zero-order valence-corrected chi connectivity index (χ0v) is 10.5. The van der Waals surface area contributed by atoms with Gasteiger partial charge in [0.1, 0.15) is 5.78 Å². The molecule has 0 aliphatic heterocycles. The number of sulfone groups is 1. The number of carbonyl (C=O) groups excluding carboxylic acids is 1. The Labute approximate surface area is 101 Å². The lowest BCUT2D eigenvalue weighted by Gasteiger charge is -2.11. The van der Waals surface area contributed by atoms with E-state index in [1.165, 1.54) is 6.26 Å². The fourth-order valence-electron chi connectivity index (χ4n) is 3.02. The van der Waals surface area contributed by atoms with Gasteiger partial charge in [-0.3, -0.25) is 4.79 Å². The number of fused-ring (bicyclic) bond motifs is 1. The van der Waals surface area contributed by atoms with Crippen molar-refractivity contribution in [1.82, 2.24) is 0 Å². The van der Waals surface area contributed by atoms with Crippen molar-refractivity contribution in [1.29, 1.82) is 0 Å². The monoisotopic (exact) mass is 250 g/mol. The van der Waals surface area contributed by atoms with E-state index >= 15 is 0 Å². The lowest BCUT2D eigenvalue weighted by molar-refractivity contribution is -0.119. The number of carbonyl (C=O) groups is 1. The van der Waals surface area contributed by atoms with Crippen LogP contribution in [-0.2, 0) is 20.0 Å². The van der Waals surface area contributed by atoms with Gasteiger partial charge >= 0.3 is 0 Å². The summed E-state index contributed by atoms with van der Waals surface area (Å²) in [6.07, 6.45) is 3.76. The van der Waals surface area contributed by atoms with Crippen LogP contribution >= 0.6 is 0 Å². The fourth-order valence-corrected chi connectivity index (χ4v) is 3.65. The average Bonchev–Trinajstić information content (AvgIpc) is 2.94. The molecule has 2 aliphatic rings. The van der Waals surface area contributed by atoms with E-state index in [2.05, 4.69) is 0 Å². The quantitative estimate of drug-likeness (QED) is 0.803. The molecule has 2 saturated carbocycles. The maximum atomic E-state index is 11.5. The van der Waals surface area contributed by atoms with Crippen molar-refractivity contribution in [3.8, 4) is 0 Å². The van der Waals surface area contributed by atoms with Crippen LogP contribution < -0.4 is 0 Å². The van der Waals surface area contributed by atoms with Crippen LogP contribution in [-0.4, -0.2) is 20.5 Å². The van der Waals surface area contributed by atoms with Gasteiger partial charge in [-0.1, -0.05) is 12.1 Å². The molecule has 4 heteroatoms. The number of ketones is 1. The third-order valence-corrected chi connectivity index (χ3v) is 5.27. The molecule has 0 aromatic heterocycles. The fraction of sp³-hybridized carbons (Fsp3) is 0.462. The van der Waals surface area contributed by atoms with E-state index in [0.717, 1.165) is 18.4 Å². The minimum Gasteiger partial charge on any atom is -0.299 e. The Morgan fingerprint density at radius 1 is 1.24 bits per heavy atom. The number of hydrogen-bond donors (Lipinski definition) is 0. The second-order valence-electron chi connectivity index (χ2n) is 5.18. The zero-order chi connectivity index (χ0) is 12.3. The highest BCUT2D eigenvalue weighted by Gasteiger charge is 2.62. The summed E-state index contributed by atoms with van der Waals surface area (Å²) in [5, 5.41) is 0. The van der Waals surface area contributed by atoms with Gasteiger partial charge in [-0.15, -0.1) is 0 Å². The summed E-state index contributed by atoms with van der Waals surface area (Å²) in [6, 6.07) is 7.04. The Hall–Kier alpha value is -1.16. The summed E-state index contributed by atoms with van der Waals surface area (Å²) in [6.45, 7) is 0. The lowest BCUT2D eigenvalue weighted by Crippen LogP contribution is -2.06. The molecule has 0 N–H and O–H groups in total. The van der Waals surface area contributed by atoms with E-state index in [4.69, 9.17) is 0 Å². The minimum atomic E-state index is -3.13. The summed E-state index contributed by atoms with van der Waals surface area (Å²) in [5.74, 6) is 0.573. The van der Waals surface area contributed by atoms with Crippen LogP contribution in [0.4, 0.5) is 0 Å². The molecule has 0 bridgehead atoms. The van der Waals surface area contributed by atoms with Crippen molar-refractivity contribution in [3.05, 3.63) is 29.8 Å². The SMILES string of the molecule is CS(=O)(=O)c1ccc([C@]23CCC(=O)[C@H]2C3)cc1. The molecule has 1 aromatic rings. The third-order valence-electron chi connectivity index (χ3n) is 4.14. The van der Waals surface area contributed by atoms with Gasteiger partial charge in [-0.2, -0.15) is 0 Å². The largest absolute Gasteiger partial charge is 0.299 e. The first-order valence-corrected chi connectivity index (χ1v) is 7.66. The van der Waals surface area contributed by atoms with Crippen LogP contribution in [0.5, 0.6) is 0 Å². The van der Waals surface area contributed by atoms with Gasteiger partial charge in [0.2, 0.25) is 0 Å². The summed E-state index contributed by atoms with van der Waals surface area (Å²) >= 11 is 0. The van der Waals surface area contributed by atoms with Crippen molar-refractivity contribution in [2.24, 2.45) is 5.92 Å². The van der Waals surface area contributed by atoms with Gasteiger partial charge in [0.15, 0.2) is 9.84 Å². The molecular formula is C13H14O3S. The maximum Gasteiger partial charge on any atom is 0.175 e. The number of rotatable bonds is 2. The highest BCUT2D eigenvalue weighted by atomic mass is 32.2. The van der Waals surface area contributed by atoms with Crippen molar-refractivity contribution in [2.45, 2.75) is 29.6 Å². The molecular weight excluding hydrogens is 236 g/mol. The van der Waals surface area contributed by atoms with Gasteiger partial charge < -0.3 is 0 Å². The van der Waals surface area contributed by atoms with E-state index in [-0.39, 0.29) is 11.3 Å². The zero-order valence-electron chi connectivity index (χ0n) is 9.64. The summed E-state index contributed by atoms with van der Waals surface area (Å²) in [4.78, 5) is 11.9. The molecule has 0 radical (unpaired) electrons. The molecule has 2 fully saturated rings.